The predicted octanol–water partition coefficient (Wildman–Crippen LogP) is 1.46. The third kappa shape index (κ3) is 2.59. The molecular weight excluding hydrogens is 100 g/mol. The SMILES string of the molecule is C1=CCCCC=C1.O. The summed E-state index contributed by atoms with van der Waals surface area (Å²) in [6.07, 6.45) is 12.5. The van der Waals surface area contributed by atoms with Crippen LogP contribution in [0.4, 0.5) is 0 Å². The summed E-state index contributed by atoms with van der Waals surface area (Å²) < 4.78 is 0. The molecule has 0 unspecified atom stereocenters. The second-order valence-corrected chi connectivity index (χ2v) is 1.79. The van der Waals surface area contributed by atoms with E-state index in [9.17, 15) is 0 Å². The maximum Gasteiger partial charge on any atom is -0.0345 e. The lowest BCUT2D eigenvalue weighted by Gasteiger charge is -1.81. The second-order valence-electron chi connectivity index (χ2n) is 1.79. The van der Waals surface area contributed by atoms with Crippen LogP contribution >= 0.6 is 0 Å². The summed E-state index contributed by atoms with van der Waals surface area (Å²) in [5.74, 6) is 0. The maximum atomic E-state index is 2.21. The van der Waals surface area contributed by atoms with E-state index in [-0.39, 0.29) is 5.48 Å². The summed E-state index contributed by atoms with van der Waals surface area (Å²) in [6, 6.07) is 0. The van der Waals surface area contributed by atoms with Crippen LogP contribution < -0.4 is 0 Å². The molecule has 0 saturated heterocycles. The summed E-state index contributed by atoms with van der Waals surface area (Å²) >= 11 is 0. The Hall–Kier alpha value is -0.560. The van der Waals surface area contributed by atoms with Gasteiger partial charge in [-0.05, 0) is 19.3 Å². The monoisotopic (exact) mass is 112 g/mol. The van der Waals surface area contributed by atoms with Crippen molar-refractivity contribution in [3.8, 4) is 0 Å². The predicted molar refractivity (Wildman–Crippen MR) is 35.7 cm³/mol. The highest BCUT2D eigenvalue weighted by molar-refractivity contribution is 5.04. The van der Waals surface area contributed by atoms with Gasteiger partial charge >= 0.3 is 0 Å². The number of rotatable bonds is 0. The fourth-order valence-electron chi connectivity index (χ4n) is 0.703. The lowest BCUT2D eigenvalue weighted by atomic mass is 10.2. The van der Waals surface area contributed by atoms with Crippen molar-refractivity contribution in [3.63, 3.8) is 0 Å². The first-order valence-electron chi connectivity index (χ1n) is 2.82. The standard InChI is InChI=1S/C7H10.H2O/c1-2-4-6-7-5-3-1;/h1-4H,5-7H2;1H2. The van der Waals surface area contributed by atoms with Gasteiger partial charge in [0.15, 0.2) is 0 Å². The first kappa shape index (κ1) is 7.44. The molecule has 0 heterocycles. The van der Waals surface area contributed by atoms with Crippen LogP contribution in [0.5, 0.6) is 0 Å². The summed E-state index contributed by atoms with van der Waals surface area (Å²) in [5, 5.41) is 0. The third-order valence-electron chi connectivity index (χ3n) is 1.12. The van der Waals surface area contributed by atoms with Gasteiger partial charge < -0.3 is 5.48 Å². The molecule has 0 radical (unpaired) electrons. The molecule has 2 N–H and O–H groups in total. The summed E-state index contributed by atoms with van der Waals surface area (Å²) in [4.78, 5) is 0. The van der Waals surface area contributed by atoms with Crippen molar-refractivity contribution in [3.05, 3.63) is 24.3 Å². The van der Waals surface area contributed by atoms with E-state index in [1.807, 2.05) is 0 Å². The molecule has 1 nitrogen and oxygen atoms in total. The smallest absolute Gasteiger partial charge is 0.0345 e. The molecule has 1 heteroatoms. The first-order chi connectivity index (χ1) is 3.50. The molecule has 1 aliphatic carbocycles. The highest BCUT2D eigenvalue weighted by Gasteiger charge is 1.81. The van der Waals surface area contributed by atoms with Crippen LogP contribution in [0.3, 0.4) is 0 Å². The Balaban J connectivity index is 0.000000490. The van der Waals surface area contributed by atoms with E-state index in [0.29, 0.717) is 0 Å². The highest BCUT2D eigenvalue weighted by Crippen LogP contribution is 2.01. The van der Waals surface area contributed by atoms with Gasteiger partial charge in [-0.2, -0.15) is 0 Å². The Kier molecular flexibility index (Phi) is 4.27. The van der Waals surface area contributed by atoms with Gasteiger partial charge in [-0.25, -0.2) is 0 Å². The van der Waals surface area contributed by atoms with E-state index in [4.69, 9.17) is 0 Å². The van der Waals surface area contributed by atoms with Crippen LogP contribution in [-0.4, -0.2) is 5.48 Å². The first-order valence-corrected chi connectivity index (χ1v) is 2.82. The van der Waals surface area contributed by atoms with Crippen LogP contribution in [0.25, 0.3) is 0 Å². The van der Waals surface area contributed by atoms with Gasteiger partial charge in [0.2, 0.25) is 0 Å². The Labute approximate surface area is 50.0 Å². The largest absolute Gasteiger partial charge is 0.412 e. The molecule has 1 aliphatic rings. The molecule has 0 aromatic rings. The average Bonchev–Trinajstić information content (AvgIpc) is 1.90. The van der Waals surface area contributed by atoms with Crippen molar-refractivity contribution in [1.82, 2.24) is 0 Å². The van der Waals surface area contributed by atoms with Crippen molar-refractivity contribution in [2.24, 2.45) is 0 Å². The quantitative estimate of drug-likeness (QED) is 0.454. The highest BCUT2D eigenvalue weighted by atomic mass is 16.0. The van der Waals surface area contributed by atoms with Gasteiger partial charge in [0.05, 0.1) is 0 Å². The summed E-state index contributed by atoms with van der Waals surface area (Å²) in [6.45, 7) is 0. The van der Waals surface area contributed by atoms with Crippen molar-refractivity contribution in [2.45, 2.75) is 19.3 Å². The Morgan fingerprint density at radius 2 is 1.38 bits per heavy atom. The molecule has 0 amide bonds. The molecule has 0 atom stereocenters. The van der Waals surface area contributed by atoms with E-state index in [0.717, 1.165) is 0 Å². The number of allylic oxidation sites excluding steroid dienone is 4. The zero-order valence-corrected chi connectivity index (χ0v) is 4.93. The molecular formula is C7H12O. The van der Waals surface area contributed by atoms with Gasteiger partial charge in [-0.3, -0.25) is 0 Å². The molecule has 0 aromatic heterocycles. The minimum atomic E-state index is 0. The lowest BCUT2D eigenvalue weighted by molar-refractivity contribution is 0.824. The fraction of sp³-hybridized carbons (Fsp3) is 0.429. The van der Waals surface area contributed by atoms with E-state index in [1.54, 1.807) is 0 Å². The van der Waals surface area contributed by atoms with E-state index in [1.165, 1.54) is 19.3 Å². The molecule has 0 saturated carbocycles. The van der Waals surface area contributed by atoms with Gasteiger partial charge in [0, 0.05) is 0 Å². The molecule has 8 heavy (non-hydrogen) atoms. The Bertz CT molecular complexity index is 80.6. The van der Waals surface area contributed by atoms with Gasteiger partial charge in [0.25, 0.3) is 0 Å². The second kappa shape index (κ2) is 4.60. The van der Waals surface area contributed by atoms with Crippen LogP contribution in [-0.2, 0) is 0 Å². The van der Waals surface area contributed by atoms with Crippen molar-refractivity contribution >= 4 is 0 Å². The summed E-state index contributed by atoms with van der Waals surface area (Å²) in [7, 11) is 0. The van der Waals surface area contributed by atoms with E-state index >= 15 is 0 Å². The lowest BCUT2D eigenvalue weighted by Crippen LogP contribution is -1.62. The van der Waals surface area contributed by atoms with Crippen molar-refractivity contribution < 1.29 is 5.48 Å². The van der Waals surface area contributed by atoms with Crippen LogP contribution in [0.2, 0.25) is 0 Å². The number of hydrogen-bond donors (Lipinski definition) is 0. The molecule has 0 aliphatic heterocycles. The molecule has 0 fully saturated rings. The molecule has 46 valence electrons. The molecule has 1 rings (SSSR count). The van der Waals surface area contributed by atoms with E-state index in [2.05, 4.69) is 24.3 Å². The van der Waals surface area contributed by atoms with E-state index < -0.39 is 0 Å². The Morgan fingerprint density at radius 3 is 1.88 bits per heavy atom. The molecule has 0 bridgehead atoms. The molecule has 0 spiro atoms. The van der Waals surface area contributed by atoms with Crippen LogP contribution in [0.1, 0.15) is 19.3 Å². The van der Waals surface area contributed by atoms with Crippen LogP contribution in [0.15, 0.2) is 24.3 Å². The fourth-order valence-corrected chi connectivity index (χ4v) is 0.703. The minimum Gasteiger partial charge on any atom is -0.412 e. The van der Waals surface area contributed by atoms with Crippen molar-refractivity contribution in [2.75, 3.05) is 0 Å². The number of hydrogen-bond acceptors (Lipinski definition) is 0. The minimum absolute atomic E-state index is 0. The van der Waals surface area contributed by atoms with Crippen molar-refractivity contribution in [1.29, 1.82) is 0 Å². The normalized spacial score (nSPS) is 17.0. The van der Waals surface area contributed by atoms with Gasteiger partial charge in [-0.1, -0.05) is 24.3 Å². The van der Waals surface area contributed by atoms with Crippen LogP contribution in [0, 0.1) is 0 Å². The topological polar surface area (TPSA) is 31.5 Å². The zero-order valence-electron chi connectivity index (χ0n) is 4.93. The third-order valence-corrected chi connectivity index (χ3v) is 1.12. The molecule has 0 aromatic carbocycles. The average molecular weight is 112 g/mol. The van der Waals surface area contributed by atoms with Gasteiger partial charge in [0.1, 0.15) is 0 Å². The zero-order chi connectivity index (χ0) is 4.95. The Morgan fingerprint density at radius 1 is 0.875 bits per heavy atom. The van der Waals surface area contributed by atoms with Gasteiger partial charge in [-0.15, -0.1) is 0 Å². The maximum absolute atomic E-state index is 2.21. The summed E-state index contributed by atoms with van der Waals surface area (Å²) in [5.41, 5.74) is 0.